The van der Waals surface area contributed by atoms with E-state index in [0.717, 1.165) is 11.8 Å². The van der Waals surface area contributed by atoms with Gasteiger partial charge in [0, 0.05) is 11.1 Å². The molecular weight excluding hydrogens is 255 g/mol. The summed E-state index contributed by atoms with van der Waals surface area (Å²) in [6.07, 6.45) is 0.745. The highest BCUT2D eigenvalue weighted by Gasteiger charge is 2.13. The van der Waals surface area contributed by atoms with Crippen molar-refractivity contribution in [1.29, 1.82) is 0 Å². The summed E-state index contributed by atoms with van der Waals surface area (Å²) >= 11 is 0. The monoisotopic (exact) mass is 266 g/mol. The minimum atomic E-state index is -0.323. The first kappa shape index (κ1) is 12.4. The molecule has 0 unspecified atom stereocenters. The lowest BCUT2D eigenvalue weighted by Crippen LogP contribution is -1.81. The number of carbonyl (C=O) groups is 1. The molecule has 0 spiro atoms. The standard InChI is InChI=1S/C17H11FO2/c18-15-8-6-13(7-9-15)17-14(11-19)10-16(20-17)12-4-2-1-3-5-12/h1-11H. The highest BCUT2D eigenvalue weighted by atomic mass is 19.1. The Labute approximate surface area is 115 Å². The van der Waals surface area contributed by atoms with E-state index in [1.54, 1.807) is 18.2 Å². The van der Waals surface area contributed by atoms with E-state index >= 15 is 0 Å². The Morgan fingerprint density at radius 1 is 0.900 bits per heavy atom. The molecule has 3 heteroatoms. The molecule has 3 aromatic rings. The summed E-state index contributed by atoms with van der Waals surface area (Å²) in [5.74, 6) is 0.752. The van der Waals surface area contributed by atoms with Gasteiger partial charge in [-0.15, -0.1) is 0 Å². The van der Waals surface area contributed by atoms with Crippen molar-refractivity contribution in [3.8, 4) is 22.6 Å². The molecule has 0 aliphatic rings. The van der Waals surface area contributed by atoms with Gasteiger partial charge in [-0.2, -0.15) is 0 Å². The summed E-state index contributed by atoms with van der Waals surface area (Å²) in [6, 6.07) is 17.1. The van der Waals surface area contributed by atoms with Crippen LogP contribution in [0.2, 0.25) is 0 Å². The fourth-order valence-electron chi connectivity index (χ4n) is 2.06. The number of aldehydes is 1. The minimum absolute atomic E-state index is 0.323. The first-order valence-corrected chi connectivity index (χ1v) is 6.18. The summed E-state index contributed by atoms with van der Waals surface area (Å²) in [4.78, 5) is 11.2. The summed E-state index contributed by atoms with van der Waals surface area (Å²) in [5, 5.41) is 0. The quantitative estimate of drug-likeness (QED) is 0.650. The first-order valence-electron chi connectivity index (χ1n) is 6.18. The normalized spacial score (nSPS) is 10.4. The van der Waals surface area contributed by atoms with Gasteiger partial charge in [0.05, 0.1) is 5.56 Å². The largest absolute Gasteiger partial charge is 0.455 e. The highest BCUT2D eigenvalue weighted by Crippen LogP contribution is 2.31. The van der Waals surface area contributed by atoms with Gasteiger partial charge in [0.15, 0.2) is 6.29 Å². The zero-order chi connectivity index (χ0) is 13.9. The van der Waals surface area contributed by atoms with E-state index in [2.05, 4.69) is 0 Å². The summed E-state index contributed by atoms with van der Waals surface area (Å²) < 4.78 is 18.7. The Kier molecular flexibility index (Phi) is 3.17. The van der Waals surface area contributed by atoms with Crippen LogP contribution in [0.1, 0.15) is 10.4 Å². The Balaban J connectivity index is 2.10. The molecule has 1 aromatic heterocycles. The number of hydrogen-bond donors (Lipinski definition) is 0. The highest BCUT2D eigenvalue weighted by molar-refractivity contribution is 5.87. The van der Waals surface area contributed by atoms with E-state index in [-0.39, 0.29) is 5.82 Å². The van der Waals surface area contributed by atoms with Crippen LogP contribution in [0.25, 0.3) is 22.6 Å². The number of carbonyl (C=O) groups excluding carboxylic acids is 1. The van der Waals surface area contributed by atoms with Crippen LogP contribution in [0, 0.1) is 5.82 Å². The predicted octanol–water partition coefficient (Wildman–Crippen LogP) is 4.57. The van der Waals surface area contributed by atoms with Crippen LogP contribution in [0.5, 0.6) is 0 Å². The molecule has 0 atom stereocenters. The first-order chi connectivity index (χ1) is 9.78. The van der Waals surface area contributed by atoms with E-state index in [1.807, 2.05) is 30.3 Å². The number of halogens is 1. The average Bonchev–Trinajstić information content (AvgIpc) is 2.93. The number of furan rings is 1. The third-order valence-electron chi connectivity index (χ3n) is 3.05. The topological polar surface area (TPSA) is 30.2 Å². The van der Waals surface area contributed by atoms with E-state index in [4.69, 9.17) is 4.42 Å². The van der Waals surface area contributed by atoms with Crippen LogP contribution in [-0.2, 0) is 0 Å². The van der Waals surface area contributed by atoms with Gasteiger partial charge >= 0.3 is 0 Å². The Bertz CT molecular complexity index is 727. The van der Waals surface area contributed by atoms with Gasteiger partial charge in [-0.05, 0) is 30.3 Å². The second kappa shape index (κ2) is 5.13. The summed E-state index contributed by atoms with van der Waals surface area (Å²) in [5.41, 5.74) is 2.02. The molecule has 3 rings (SSSR count). The Morgan fingerprint density at radius 2 is 1.60 bits per heavy atom. The molecule has 0 aliphatic heterocycles. The Hall–Kier alpha value is -2.68. The van der Waals surface area contributed by atoms with Gasteiger partial charge in [-0.1, -0.05) is 30.3 Å². The molecule has 1 heterocycles. The average molecular weight is 266 g/mol. The van der Waals surface area contributed by atoms with Crippen LogP contribution < -0.4 is 0 Å². The molecule has 0 aliphatic carbocycles. The molecule has 2 aromatic carbocycles. The Morgan fingerprint density at radius 3 is 2.25 bits per heavy atom. The maximum Gasteiger partial charge on any atom is 0.153 e. The maximum atomic E-state index is 13.0. The molecule has 0 bridgehead atoms. The van der Waals surface area contributed by atoms with E-state index in [1.165, 1.54) is 12.1 Å². The van der Waals surface area contributed by atoms with Crippen LogP contribution in [0.15, 0.2) is 65.1 Å². The molecule has 0 fully saturated rings. The van der Waals surface area contributed by atoms with Gasteiger partial charge in [0.1, 0.15) is 17.3 Å². The molecule has 0 N–H and O–H groups in total. The molecule has 0 saturated heterocycles. The number of hydrogen-bond acceptors (Lipinski definition) is 2. The third kappa shape index (κ3) is 2.26. The fraction of sp³-hybridized carbons (Fsp3) is 0. The zero-order valence-electron chi connectivity index (χ0n) is 10.5. The van der Waals surface area contributed by atoms with Crippen molar-refractivity contribution < 1.29 is 13.6 Å². The summed E-state index contributed by atoms with van der Waals surface area (Å²) in [7, 11) is 0. The molecule has 98 valence electrons. The van der Waals surface area contributed by atoms with Crippen molar-refractivity contribution in [2.75, 3.05) is 0 Å². The number of benzene rings is 2. The van der Waals surface area contributed by atoms with Gasteiger partial charge < -0.3 is 4.42 Å². The van der Waals surface area contributed by atoms with Crippen LogP contribution in [0.4, 0.5) is 4.39 Å². The molecular formula is C17H11FO2. The van der Waals surface area contributed by atoms with E-state index < -0.39 is 0 Å². The van der Waals surface area contributed by atoms with E-state index in [0.29, 0.717) is 22.6 Å². The van der Waals surface area contributed by atoms with Gasteiger partial charge in [0.2, 0.25) is 0 Å². The third-order valence-corrected chi connectivity index (χ3v) is 3.05. The predicted molar refractivity (Wildman–Crippen MR) is 74.9 cm³/mol. The number of rotatable bonds is 3. The van der Waals surface area contributed by atoms with Crippen molar-refractivity contribution in [1.82, 2.24) is 0 Å². The van der Waals surface area contributed by atoms with Crippen LogP contribution in [0.3, 0.4) is 0 Å². The minimum Gasteiger partial charge on any atom is -0.455 e. The van der Waals surface area contributed by atoms with Gasteiger partial charge in [-0.3, -0.25) is 4.79 Å². The second-order valence-electron chi connectivity index (χ2n) is 4.39. The van der Waals surface area contributed by atoms with Crippen molar-refractivity contribution in [3.63, 3.8) is 0 Å². The van der Waals surface area contributed by atoms with Crippen molar-refractivity contribution >= 4 is 6.29 Å². The van der Waals surface area contributed by atoms with Gasteiger partial charge in [-0.25, -0.2) is 4.39 Å². The smallest absolute Gasteiger partial charge is 0.153 e. The van der Waals surface area contributed by atoms with Crippen molar-refractivity contribution in [2.24, 2.45) is 0 Å². The lowest BCUT2D eigenvalue weighted by Gasteiger charge is -1.99. The fourth-order valence-corrected chi connectivity index (χ4v) is 2.06. The van der Waals surface area contributed by atoms with Crippen LogP contribution in [-0.4, -0.2) is 6.29 Å². The molecule has 2 nitrogen and oxygen atoms in total. The molecule has 0 radical (unpaired) electrons. The zero-order valence-corrected chi connectivity index (χ0v) is 10.5. The summed E-state index contributed by atoms with van der Waals surface area (Å²) in [6.45, 7) is 0. The lowest BCUT2D eigenvalue weighted by atomic mass is 10.1. The van der Waals surface area contributed by atoms with Crippen molar-refractivity contribution in [2.45, 2.75) is 0 Å². The van der Waals surface area contributed by atoms with E-state index in [9.17, 15) is 9.18 Å². The van der Waals surface area contributed by atoms with Crippen LogP contribution >= 0.6 is 0 Å². The molecule has 0 amide bonds. The van der Waals surface area contributed by atoms with Crippen molar-refractivity contribution in [3.05, 3.63) is 72.0 Å². The molecule has 20 heavy (non-hydrogen) atoms. The molecule has 0 saturated carbocycles. The maximum absolute atomic E-state index is 13.0. The van der Waals surface area contributed by atoms with Gasteiger partial charge in [0.25, 0.3) is 0 Å². The SMILES string of the molecule is O=Cc1cc(-c2ccccc2)oc1-c1ccc(F)cc1. The lowest BCUT2D eigenvalue weighted by molar-refractivity contribution is 0.112. The second-order valence-corrected chi connectivity index (χ2v) is 4.39.